The Bertz CT molecular complexity index is 461. The summed E-state index contributed by atoms with van der Waals surface area (Å²) >= 11 is 3.42. The topological polar surface area (TPSA) is 37.4 Å². The maximum atomic E-state index is 12.2. The van der Waals surface area contributed by atoms with Gasteiger partial charge in [0.05, 0.1) is 5.75 Å². The van der Waals surface area contributed by atoms with Gasteiger partial charge in [0.25, 0.3) is 0 Å². The van der Waals surface area contributed by atoms with Crippen LogP contribution in [0.15, 0.2) is 30.3 Å². The van der Waals surface area contributed by atoms with Gasteiger partial charge >= 0.3 is 0 Å². The van der Waals surface area contributed by atoms with Crippen molar-refractivity contribution in [3.8, 4) is 0 Å². The Morgan fingerprint density at radius 1 is 1.29 bits per heavy atom. The third-order valence-electron chi connectivity index (χ3n) is 3.05. The van der Waals surface area contributed by atoms with E-state index in [9.17, 15) is 8.42 Å². The molecular formula is C12H16BrNO2S. The minimum atomic E-state index is -3.14. The summed E-state index contributed by atoms with van der Waals surface area (Å²) in [5, 5.41) is 0.879. The van der Waals surface area contributed by atoms with E-state index < -0.39 is 10.0 Å². The summed E-state index contributed by atoms with van der Waals surface area (Å²) in [7, 11) is -3.14. The van der Waals surface area contributed by atoms with Crippen molar-refractivity contribution in [3.05, 3.63) is 35.9 Å². The first kappa shape index (κ1) is 13.1. The molecule has 1 heterocycles. The molecule has 0 amide bonds. The third-order valence-corrected chi connectivity index (χ3v) is 5.78. The predicted octanol–water partition coefficient (Wildman–Crippen LogP) is 2.23. The van der Waals surface area contributed by atoms with E-state index in [1.165, 1.54) is 0 Å². The summed E-state index contributed by atoms with van der Waals surface area (Å²) in [6.07, 6.45) is 0.958. The summed E-state index contributed by atoms with van der Waals surface area (Å²) in [5.41, 5.74) is 0.856. The summed E-state index contributed by atoms with van der Waals surface area (Å²) < 4.78 is 26.0. The van der Waals surface area contributed by atoms with Crippen LogP contribution in [0.2, 0.25) is 0 Å². The molecule has 5 heteroatoms. The fraction of sp³-hybridized carbons (Fsp3) is 0.500. The Morgan fingerprint density at radius 2 is 2.00 bits per heavy atom. The highest BCUT2D eigenvalue weighted by atomic mass is 79.9. The maximum absolute atomic E-state index is 12.2. The molecular weight excluding hydrogens is 302 g/mol. The quantitative estimate of drug-likeness (QED) is 0.799. The molecule has 1 unspecified atom stereocenters. The van der Waals surface area contributed by atoms with Gasteiger partial charge in [-0.05, 0) is 17.9 Å². The number of alkyl halides is 1. The van der Waals surface area contributed by atoms with Crippen LogP contribution >= 0.6 is 15.9 Å². The zero-order valence-corrected chi connectivity index (χ0v) is 12.0. The summed E-state index contributed by atoms with van der Waals surface area (Å²) in [6.45, 7) is 1.31. The minimum Gasteiger partial charge on any atom is -0.212 e. The smallest absolute Gasteiger partial charge is 0.212 e. The summed E-state index contributed by atoms with van der Waals surface area (Å²) in [5.74, 6) is 0.573. The van der Waals surface area contributed by atoms with Crippen LogP contribution in [0.25, 0.3) is 0 Å². The van der Waals surface area contributed by atoms with Crippen molar-refractivity contribution in [2.24, 2.45) is 5.92 Å². The van der Waals surface area contributed by atoms with Crippen molar-refractivity contribution in [3.63, 3.8) is 0 Å². The van der Waals surface area contributed by atoms with Gasteiger partial charge < -0.3 is 0 Å². The van der Waals surface area contributed by atoms with Crippen molar-refractivity contribution >= 4 is 26.0 Å². The molecule has 2 rings (SSSR count). The third kappa shape index (κ3) is 3.30. The van der Waals surface area contributed by atoms with E-state index in [4.69, 9.17) is 0 Å². The molecule has 1 aromatic carbocycles. The Kier molecular flexibility index (Phi) is 4.22. The second kappa shape index (κ2) is 5.50. The number of hydrogen-bond acceptors (Lipinski definition) is 2. The fourth-order valence-corrected chi connectivity index (χ4v) is 4.20. The van der Waals surface area contributed by atoms with E-state index in [1.54, 1.807) is 4.31 Å². The van der Waals surface area contributed by atoms with Crippen molar-refractivity contribution in [2.45, 2.75) is 12.2 Å². The zero-order valence-electron chi connectivity index (χ0n) is 9.55. The summed E-state index contributed by atoms with van der Waals surface area (Å²) in [4.78, 5) is 0. The highest BCUT2D eigenvalue weighted by Crippen LogP contribution is 2.22. The zero-order chi connectivity index (χ0) is 12.3. The van der Waals surface area contributed by atoms with Crippen LogP contribution in [0.1, 0.15) is 12.0 Å². The molecule has 1 saturated heterocycles. The molecule has 1 atom stereocenters. The number of nitrogens with zero attached hydrogens (tertiary/aromatic N) is 1. The summed E-state index contributed by atoms with van der Waals surface area (Å²) in [6, 6.07) is 9.35. The van der Waals surface area contributed by atoms with Gasteiger partial charge in [0, 0.05) is 18.4 Å². The number of hydrogen-bond donors (Lipinski definition) is 0. The Labute approximate surface area is 111 Å². The molecule has 0 N–H and O–H groups in total. The number of halogens is 1. The van der Waals surface area contributed by atoms with Gasteiger partial charge in [-0.3, -0.25) is 0 Å². The van der Waals surface area contributed by atoms with Crippen molar-refractivity contribution in [1.29, 1.82) is 0 Å². The maximum Gasteiger partial charge on any atom is 0.218 e. The molecule has 0 saturated carbocycles. The molecule has 0 aromatic heterocycles. The van der Waals surface area contributed by atoms with Crippen molar-refractivity contribution in [1.82, 2.24) is 4.31 Å². The monoisotopic (exact) mass is 317 g/mol. The van der Waals surface area contributed by atoms with Crippen LogP contribution in [-0.2, 0) is 15.8 Å². The van der Waals surface area contributed by atoms with Crippen LogP contribution in [0, 0.1) is 5.92 Å². The number of sulfonamides is 1. The molecule has 1 aliphatic heterocycles. The molecule has 94 valence electrons. The van der Waals surface area contributed by atoms with E-state index in [0.717, 1.165) is 17.3 Å². The predicted molar refractivity (Wildman–Crippen MR) is 72.5 cm³/mol. The lowest BCUT2D eigenvalue weighted by Crippen LogP contribution is -2.30. The molecule has 3 nitrogen and oxygen atoms in total. The highest BCUT2D eigenvalue weighted by molar-refractivity contribution is 9.09. The van der Waals surface area contributed by atoms with Crippen LogP contribution in [0.3, 0.4) is 0 Å². The molecule has 1 fully saturated rings. The van der Waals surface area contributed by atoms with Gasteiger partial charge in [-0.2, -0.15) is 0 Å². The Hall–Kier alpha value is -0.390. The second-order valence-corrected chi connectivity index (χ2v) is 7.03. The van der Waals surface area contributed by atoms with Gasteiger partial charge in [-0.25, -0.2) is 12.7 Å². The van der Waals surface area contributed by atoms with Gasteiger partial charge in [-0.15, -0.1) is 0 Å². The first-order valence-electron chi connectivity index (χ1n) is 5.69. The van der Waals surface area contributed by atoms with Gasteiger partial charge in [0.15, 0.2) is 0 Å². The Morgan fingerprint density at radius 3 is 2.59 bits per heavy atom. The van der Waals surface area contributed by atoms with Crippen molar-refractivity contribution < 1.29 is 8.42 Å². The van der Waals surface area contributed by atoms with Crippen LogP contribution in [-0.4, -0.2) is 31.1 Å². The normalized spacial score (nSPS) is 21.8. The van der Waals surface area contributed by atoms with E-state index in [2.05, 4.69) is 15.9 Å². The average Bonchev–Trinajstić information content (AvgIpc) is 2.79. The number of rotatable bonds is 4. The van der Waals surface area contributed by atoms with Crippen LogP contribution < -0.4 is 0 Å². The number of benzene rings is 1. The molecule has 1 aromatic rings. The first-order chi connectivity index (χ1) is 8.12. The second-order valence-electron chi connectivity index (χ2n) is 4.41. The molecule has 17 heavy (non-hydrogen) atoms. The van der Waals surface area contributed by atoms with Gasteiger partial charge in [0.2, 0.25) is 10.0 Å². The van der Waals surface area contributed by atoms with E-state index >= 15 is 0 Å². The van der Waals surface area contributed by atoms with Crippen molar-refractivity contribution in [2.75, 3.05) is 18.4 Å². The minimum absolute atomic E-state index is 0.114. The van der Waals surface area contributed by atoms with Crippen LogP contribution in [0.5, 0.6) is 0 Å². The fourth-order valence-electron chi connectivity index (χ4n) is 2.05. The standard InChI is InChI=1S/C12H16BrNO2S/c13-8-12-6-7-14(9-12)17(15,16)10-11-4-2-1-3-5-11/h1-5,12H,6-10H2. The van der Waals surface area contributed by atoms with E-state index in [-0.39, 0.29) is 5.75 Å². The van der Waals surface area contributed by atoms with Crippen LogP contribution in [0.4, 0.5) is 0 Å². The Balaban J connectivity index is 2.05. The molecule has 0 spiro atoms. The lowest BCUT2D eigenvalue weighted by molar-refractivity contribution is 0.465. The van der Waals surface area contributed by atoms with E-state index in [0.29, 0.717) is 19.0 Å². The largest absolute Gasteiger partial charge is 0.218 e. The molecule has 0 aliphatic carbocycles. The lowest BCUT2D eigenvalue weighted by atomic mass is 10.2. The molecule has 1 aliphatic rings. The molecule has 0 radical (unpaired) electrons. The lowest BCUT2D eigenvalue weighted by Gasteiger charge is -2.16. The SMILES string of the molecule is O=S(=O)(Cc1ccccc1)N1CCC(CBr)C1. The molecule has 0 bridgehead atoms. The van der Waals surface area contributed by atoms with E-state index in [1.807, 2.05) is 30.3 Å². The first-order valence-corrected chi connectivity index (χ1v) is 8.42. The van der Waals surface area contributed by atoms with Gasteiger partial charge in [0.1, 0.15) is 0 Å². The average molecular weight is 318 g/mol. The highest BCUT2D eigenvalue weighted by Gasteiger charge is 2.30. The van der Waals surface area contributed by atoms with Gasteiger partial charge in [-0.1, -0.05) is 46.3 Å².